The van der Waals surface area contributed by atoms with E-state index in [1.807, 2.05) is 4.57 Å². The molecule has 0 aromatic rings. The van der Waals surface area contributed by atoms with Crippen LogP contribution in [-0.4, -0.2) is 36.6 Å². The van der Waals surface area contributed by atoms with Crippen LogP contribution >= 0.6 is 12.2 Å². The topological polar surface area (TPSA) is 38.5 Å². The van der Waals surface area contributed by atoms with Crippen molar-refractivity contribution in [2.24, 2.45) is 5.73 Å². The van der Waals surface area contributed by atoms with Crippen LogP contribution in [0.2, 0.25) is 0 Å². The Hall–Kier alpha value is -0.176. The molecule has 0 heterocycles. The molecule has 58 valence electrons. The molecule has 0 aliphatic carbocycles. The molecule has 0 aromatic carbocycles. The molecule has 0 atom stereocenters. The van der Waals surface area contributed by atoms with E-state index in [0.717, 1.165) is 10.5 Å². The third-order valence-electron chi connectivity index (χ3n) is 0.946. The Kier molecular flexibility index (Phi) is 5.50. The van der Waals surface area contributed by atoms with Crippen LogP contribution in [0.4, 0.5) is 0 Å². The zero-order valence-corrected chi connectivity index (χ0v) is 10.3. The van der Waals surface area contributed by atoms with Crippen LogP contribution in [0, 0.1) is 0 Å². The molecule has 0 bridgehead atoms. The average molecular weight is 193 g/mol. The Morgan fingerprint density at radius 1 is 2.10 bits per heavy atom. The van der Waals surface area contributed by atoms with Crippen molar-refractivity contribution in [3.63, 3.8) is 0 Å². The predicted molar refractivity (Wildman–Crippen MR) is 54.4 cm³/mol. The summed E-state index contributed by atoms with van der Waals surface area (Å²) in [6, 6.07) is 0. The van der Waals surface area contributed by atoms with Crippen LogP contribution in [0.15, 0.2) is 12.7 Å². The van der Waals surface area contributed by atoms with Gasteiger partial charge in [0.2, 0.25) is 0 Å². The van der Waals surface area contributed by atoms with Gasteiger partial charge in [0.15, 0.2) is 5.11 Å². The van der Waals surface area contributed by atoms with Gasteiger partial charge in [-0.15, -0.1) is 6.58 Å². The van der Waals surface area contributed by atoms with Gasteiger partial charge in [-0.1, -0.05) is 6.08 Å². The van der Waals surface area contributed by atoms with Gasteiger partial charge in [-0.2, -0.15) is 0 Å². The number of nitrogens with zero attached hydrogens (tertiary/aromatic N) is 1. The van der Waals surface area contributed by atoms with Crippen molar-refractivity contribution >= 4 is 37.7 Å². The van der Waals surface area contributed by atoms with Gasteiger partial charge in [-0.3, -0.25) is 0 Å². The van der Waals surface area contributed by atoms with E-state index in [9.17, 15) is 0 Å². The number of thiocarbonyl (C=S) groups is 1. The molecule has 0 aromatic heterocycles. The van der Waals surface area contributed by atoms with E-state index < -0.39 is 9.92 Å². The second-order valence-electron chi connectivity index (χ2n) is 1.77. The summed E-state index contributed by atoms with van der Waals surface area (Å²) >= 11 is 4.77. The second-order valence-corrected chi connectivity index (χ2v) is 5.52. The van der Waals surface area contributed by atoms with E-state index in [4.69, 9.17) is 22.1 Å². The van der Waals surface area contributed by atoms with Crippen LogP contribution < -0.4 is 5.73 Å². The highest BCUT2D eigenvalue weighted by Gasteiger charge is 2.01. The van der Waals surface area contributed by atoms with E-state index in [1.54, 1.807) is 6.08 Å². The van der Waals surface area contributed by atoms with Crippen molar-refractivity contribution < 1.29 is 5.54 Å². The van der Waals surface area contributed by atoms with Crippen LogP contribution in [0.3, 0.4) is 0 Å². The summed E-state index contributed by atoms with van der Waals surface area (Å²) < 4.78 is 6.98. The fourth-order valence-electron chi connectivity index (χ4n) is 0.518. The van der Waals surface area contributed by atoms with Crippen LogP contribution in [0.1, 0.15) is 1.43 Å². The first-order chi connectivity index (χ1) is 4.72. The second kappa shape index (κ2) is 5.60. The summed E-state index contributed by atoms with van der Waals surface area (Å²) in [5, 5.41) is 0.419. The molecule has 0 aliphatic rings. The molecule has 10 heavy (non-hydrogen) atoms. The fraction of sp³-hybridized carbons (Fsp3) is 0.250. The monoisotopic (exact) mass is 193 g/mol. The molecular formula is C4H13N2OSSi2+. The smallest absolute Gasteiger partial charge is 0.453 e. The summed E-state index contributed by atoms with van der Waals surface area (Å²) in [6.45, 7) is 4.30. The first-order valence-corrected chi connectivity index (χ1v) is 5.30. The van der Waals surface area contributed by atoms with Crippen molar-refractivity contribution in [3.05, 3.63) is 12.7 Å². The third kappa shape index (κ3) is 3.77. The third-order valence-corrected chi connectivity index (χ3v) is 3.38. The highest BCUT2D eigenvalue weighted by Crippen LogP contribution is 1.84. The molecule has 0 saturated heterocycles. The van der Waals surface area contributed by atoms with Crippen LogP contribution in [-0.2, 0) is 4.12 Å². The Morgan fingerprint density at radius 2 is 2.70 bits per heavy atom. The zero-order valence-electron chi connectivity index (χ0n) is 7.04. The Morgan fingerprint density at radius 3 is 3.00 bits per heavy atom. The Bertz CT molecular complexity index is 137. The molecule has 0 unspecified atom stereocenters. The lowest BCUT2D eigenvalue weighted by atomic mass is 10.6. The van der Waals surface area contributed by atoms with Crippen molar-refractivity contribution in [2.45, 2.75) is 0 Å². The van der Waals surface area contributed by atoms with Gasteiger partial charge in [0.05, 0.1) is 0 Å². The Balaban J connectivity index is 0. The molecule has 0 fully saturated rings. The molecule has 0 radical (unpaired) electrons. The van der Waals surface area contributed by atoms with Crippen molar-refractivity contribution in [1.29, 1.82) is 0 Å². The molecule has 0 amide bonds. The minimum atomic E-state index is -0.665. The van der Waals surface area contributed by atoms with Gasteiger partial charge in [-0.05, 0) is 12.2 Å². The number of nitrogens with two attached hydrogens (primary N) is 1. The highest BCUT2D eigenvalue weighted by atomic mass is 32.1. The zero-order chi connectivity index (χ0) is 7.98. The van der Waals surface area contributed by atoms with Gasteiger partial charge >= 0.3 is 1.43 Å². The van der Waals surface area contributed by atoms with E-state index in [-0.39, 0.29) is 1.43 Å². The van der Waals surface area contributed by atoms with Gasteiger partial charge in [0, 0.05) is 6.54 Å². The van der Waals surface area contributed by atoms with Gasteiger partial charge in [-0.25, -0.2) is 0 Å². The normalized spacial score (nSPS) is 10.4. The molecule has 0 spiro atoms. The average Bonchev–Trinajstić information content (AvgIpc) is 1.87. The maximum absolute atomic E-state index is 5.39. The largest absolute Gasteiger partial charge is 1.00 e. The molecule has 3 nitrogen and oxygen atoms in total. The van der Waals surface area contributed by atoms with Crippen molar-refractivity contribution in [3.8, 4) is 0 Å². The number of hydrogen-bond donors (Lipinski definition) is 1. The minimum Gasteiger partial charge on any atom is -0.453 e. The quantitative estimate of drug-likeness (QED) is 0.322. The molecular weight excluding hydrogens is 180 g/mol. The van der Waals surface area contributed by atoms with Crippen molar-refractivity contribution in [2.75, 3.05) is 6.54 Å². The van der Waals surface area contributed by atoms with Gasteiger partial charge < -0.3 is 14.4 Å². The predicted octanol–water partition coefficient (Wildman–Crippen LogP) is -1.87. The van der Waals surface area contributed by atoms with E-state index in [0.29, 0.717) is 11.7 Å². The number of hydrogen-bond acceptors (Lipinski definition) is 2. The summed E-state index contributed by atoms with van der Waals surface area (Å²) in [6.07, 6.45) is 1.77. The SMILES string of the molecule is C=CCN([SiH2]O[SiH3])C(N)=S.[H+]. The lowest BCUT2D eigenvalue weighted by molar-refractivity contribution is 0.564. The first kappa shape index (κ1) is 9.82. The number of rotatable bonds is 4. The lowest BCUT2D eigenvalue weighted by Crippen LogP contribution is -2.39. The molecule has 6 heteroatoms. The van der Waals surface area contributed by atoms with Gasteiger partial charge in [0.25, 0.3) is 9.92 Å². The van der Waals surface area contributed by atoms with Crippen molar-refractivity contribution in [1.82, 2.24) is 4.57 Å². The summed E-state index contributed by atoms with van der Waals surface area (Å²) in [5.74, 6) is 0. The summed E-state index contributed by atoms with van der Waals surface area (Å²) in [7, 11) is 0.0952. The van der Waals surface area contributed by atoms with Crippen LogP contribution in [0.5, 0.6) is 0 Å². The van der Waals surface area contributed by atoms with Crippen LogP contribution in [0.25, 0.3) is 0 Å². The summed E-state index contributed by atoms with van der Waals surface area (Å²) in [4.78, 5) is 0. The highest BCUT2D eigenvalue weighted by molar-refractivity contribution is 7.80. The van der Waals surface area contributed by atoms with E-state index in [1.165, 1.54) is 0 Å². The minimum absolute atomic E-state index is 0. The molecule has 2 N–H and O–H groups in total. The standard InChI is InChI=1S/C4H12N2OSSi2/c1-2-3-6(4(5)8)10-7-9/h2H,1,3,10H2,9H3,(H2,5,8)/p+1. The first-order valence-electron chi connectivity index (χ1n) is 2.86. The maximum atomic E-state index is 5.39. The molecule has 0 aliphatic heterocycles. The summed E-state index contributed by atoms with van der Waals surface area (Å²) in [5.41, 5.74) is 5.39. The molecule has 0 rings (SSSR count). The Labute approximate surface area is 73.3 Å². The maximum Gasteiger partial charge on any atom is 1.00 e. The fourth-order valence-corrected chi connectivity index (χ4v) is 2.41. The molecule has 0 saturated carbocycles. The van der Waals surface area contributed by atoms with E-state index >= 15 is 0 Å². The van der Waals surface area contributed by atoms with Gasteiger partial charge in [0.1, 0.15) is 10.5 Å². The lowest BCUT2D eigenvalue weighted by Gasteiger charge is -2.19. The van der Waals surface area contributed by atoms with E-state index in [2.05, 4.69) is 6.58 Å².